The fourth-order valence-corrected chi connectivity index (χ4v) is 8.38. The highest BCUT2D eigenvalue weighted by Gasteiger charge is 2.47. The Morgan fingerprint density at radius 3 is 1.51 bits per heavy atom. The molecule has 0 aliphatic carbocycles. The minimum atomic E-state index is -1.64. The zero-order chi connectivity index (χ0) is 50.4. The molecule has 1 saturated heterocycles. The van der Waals surface area contributed by atoms with E-state index in [2.05, 4.69) is 62.5 Å². The number of aliphatic hydroxyl groups is 5. The predicted octanol–water partition coefficient (Wildman–Crippen LogP) is 12.3. The number of allylic oxidation sites excluding steroid dienone is 9. The number of hydrogen-bond donors (Lipinski definition) is 6. The van der Waals surface area contributed by atoms with Crippen LogP contribution in [0.15, 0.2) is 60.8 Å². The fourth-order valence-electron chi connectivity index (χ4n) is 8.38. The molecular weight excluding hydrogens is 871 g/mol. The van der Waals surface area contributed by atoms with Crippen LogP contribution in [-0.2, 0) is 23.8 Å². The Balaban J connectivity index is 2.77. The first-order valence-corrected chi connectivity index (χ1v) is 28.1. The fraction of sp³-hybridized carbons (Fsp3) is 0.793. The van der Waals surface area contributed by atoms with Gasteiger partial charge in [-0.1, -0.05) is 210 Å². The number of carbonyl (C=O) groups is 2. The zero-order valence-electron chi connectivity index (χ0n) is 43.9. The monoisotopic (exact) mass is 974 g/mol. The van der Waals surface area contributed by atoms with Crippen molar-refractivity contribution in [2.75, 3.05) is 13.2 Å². The van der Waals surface area contributed by atoms with Crippen LogP contribution in [0.5, 0.6) is 0 Å². The Bertz CT molecular complexity index is 1350. The molecule has 1 rings (SSSR count). The van der Waals surface area contributed by atoms with E-state index in [0.29, 0.717) is 12.8 Å². The van der Waals surface area contributed by atoms with Gasteiger partial charge in [0.1, 0.15) is 24.4 Å². The molecule has 69 heavy (non-hydrogen) atoms. The summed E-state index contributed by atoms with van der Waals surface area (Å²) in [5.41, 5.74) is 0. The quantitative estimate of drug-likeness (QED) is 0.0196. The van der Waals surface area contributed by atoms with Crippen molar-refractivity contribution in [2.45, 2.75) is 282 Å². The summed E-state index contributed by atoms with van der Waals surface area (Å²) in [5.74, 6) is -1.28. The number of carbonyl (C=O) groups excluding carboxylic acids is 2. The minimum Gasteiger partial charge on any atom is -0.454 e. The average Bonchev–Trinajstić information content (AvgIpc) is 3.34. The third-order valence-electron chi connectivity index (χ3n) is 12.9. The summed E-state index contributed by atoms with van der Waals surface area (Å²) in [4.78, 5) is 26.4. The first-order chi connectivity index (χ1) is 33.7. The second-order valence-corrected chi connectivity index (χ2v) is 19.3. The minimum absolute atomic E-state index is 0.0155. The molecule has 11 heteroatoms. The van der Waals surface area contributed by atoms with Gasteiger partial charge in [-0.05, 0) is 77.0 Å². The number of hydrogen-bond acceptors (Lipinski definition) is 10. The van der Waals surface area contributed by atoms with E-state index in [9.17, 15) is 35.1 Å². The molecule has 0 radical (unpaired) electrons. The van der Waals surface area contributed by atoms with Gasteiger partial charge in [-0.25, -0.2) is 0 Å². The van der Waals surface area contributed by atoms with Crippen molar-refractivity contribution >= 4 is 11.9 Å². The van der Waals surface area contributed by atoms with E-state index in [-0.39, 0.29) is 19.4 Å². The molecule has 11 nitrogen and oxygen atoms in total. The molecule has 0 aromatic heterocycles. The van der Waals surface area contributed by atoms with Crippen LogP contribution in [0, 0.1) is 0 Å². The summed E-state index contributed by atoms with van der Waals surface area (Å²) >= 11 is 0. The number of amides is 1. The Labute approximate surface area is 420 Å². The largest absolute Gasteiger partial charge is 0.454 e. The molecule has 0 spiro atoms. The SMILES string of the molecule is CCCCC/C=C\C/C=C\CCCCCCCCC(O)C(=O)NC(COC1OC(CO)C(O)C(O)C1OC(=O)CC/C=C/C/C=C\CCCCCCCC)C(O)/C=C/CCCCCCCCCCC. The van der Waals surface area contributed by atoms with Gasteiger partial charge in [0.25, 0.3) is 0 Å². The van der Waals surface area contributed by atoms with Crippen LogP contribution in [0.25, 0.3) is 0 Å². The van der Waals surface area contributed by atoms with E-state index >= 15 is 0 Å². The van der Waals surface area contributed by atoms with Gasteiger partial charge in [0, 0.05) is 6.42 Å². The van der Waals surface area contributed by atoms with Crippen LogP contribution in [0.2, 0.25) is 0 Å². The summed E-state index contributed by atoms with van der Waals surface area (Å²) in [6.45, 7) is 5.69. The molecule has 0 aromatic carbocycles. The topological polar surface area (TPSA) is 175 Å². The second-order valence-electron chi connectivity index (χ2n) is 19.3. The smallest absolute Gasteiger partial charge is 0.306 e. The van der Waals surface area contributed by atoms with Gasteiger partial charge in [-0.3, -0.25) is 9.59 Å². The molecule has 1 amide bonds. The van der Waals surface area contributed by atoms with Gasteiger partial charge in [0.05, 0.1) is 25.4 Å². The number of rotatable bonds is 46. The molecule has 1 fully saturated rings. The number of nitrogens with one attached hydrogen (secondary N) is 1. The average molecular weight is 974 g/mol. The summed E-state index contributed by atoms with van der Waals surface area (Å²) < 4.78 is 17.5. The Hall–Kier alpha value is -2.64. The predicted molar refractivity (Wildman–Crippen MR) is 283 cm³/mol. The molecule has 6 N–H and O–H groups in total. The highest BCUT2D eigenvalue weighted by molar-refractivity contribution is 5.80. The van der Waals surface area contributed by atoms with Crippen molar-refractivity contribution in [2.24, 2.45) is 0 Å². The number of unbranched alkanes of at least 4 members (excludes halogenated alkanes) is 24. The zero-order valence-corrected chi connectivity index (χ0v) is 43.9. The first kappa shape index (κ1) is 64.4. The van der Waals surface area contributed by atoms with Crippen LogP contribution in [-0.4, -0.2) is 99.6 Å². The molecule has 8 unspecified atom stereocenters. The lowest BCUT2D eigenvalue weighted by molar-refractivity contribution is -0.305. The lowest BCUT2D eigenvalue weighted by Gasteiger charge is -2.41. The standard InChI is InChI=1S/C58H103NO10/c1-4-7-10-13-16-19-22-24-25-26-28-30-33-36-39-42-45-51(62)57(66)59-49(50(61)44-41-38-35-32-29-21-18-15-12-9-6-3)48-67-58-56(55(65)54(64)52(47-60)68-58)69-53(63)46-43-40-37-34-31-27-23-20-17-14-11-8-5-2/h16,19,24-25,27,31,37,40-41,44,49-52,54-56,58,60-62,64-65H,4-15,17-18,20-23,26,28-30,32-36,38-39,42-43,45-48H2,1-3H3,(H,59,66)/b19-16-,25-24-,31-27-,40-37+,44-41+. The first-order valence-electron chi connectivity index (χ1n) is 28.1. The van der Waals surface area contributed by atoms with Gasteiger partial charge >= 0.3 is 5.97 Å². The molecule has 1 aliphatic rings. The third kappa shape index (κ3) is 35.2. The lowest BCUT2D eigenvalue weighted by Crippen LogP contribution is -2.61. The van der Waals surface area contributed by atoms with Crippen molar-refractivity contribution in [3.05, 3.63) is 60.8 Å². The van der Waals surface area contributed by atoms with Crippen molar-refractivity contribution < 1.29 is 49.3 Å². The maximum atomic E-state index is 13.4. The van der Waals surface area contributed by atoms with E-state index in [0.717, 1.165) is 83.5 Å². The van der Waals surface area contributed by atoms with E-state index in [4.69, 9.17) is 14.2 Å². The molecule has 1 heterocycles. The van der Waals surface area contributed by atoms with Crippen LogP contribution in [0.1, 0.15) is 233 Å². The Kier molecular flexibility index (Phi) is 43.3. The van der Waals surface area contributed by atoms with E-state index in [1.54, 1.807) is 6.08 Å². The van der Waals surface area contributed by atoms with Gasteiger partial charge < -0.3 is 45.1 Å². The normalized spacial score (nSPS) is 20.3. The summed E-state index contributed by atoms with van der Waals surface area (Å²) in [7, 11) is 0. The lowest BCUT2D eigenvalue weighted by atomic mass is 9.99. The molecule has 0 bridgehead atoms. The van der Waals surface area contributed by atoms with Gasteiger partial charge in [0.2, 0.25) is 5.91 Å². The summed E-state index contributed by atoms with van der Waals surface area (Å²) in [6.07, 6.45) is 45.6. The molecule has 8 atom stereocenters. The van der Waals surface area contributed by atoms with E-state index < -0.39 is 67.4 Å². The van der Waals surface area contributed by atoms with Crippen molar-refractivity contribution in [3.8, 4) is 0 Å². The van der Waals surface area contributed by atoms with Gasteiger partial charge in [0.15, 0.2) is 12.4 Å². The summed E-state index contributed by atoms with van der Waals surface area (Å²) in [5, 5.41) is 56.7. The van der Waals surface area contributed by atoms with Crippen LogP contribution >= 0.6 is 0 Å². The number of ether oxygens (including phenoxy) is 3. The maximum Gasteiger partial charge on any atom is 0.306 e. The Morgan fingerprint density at radius 1 is 0.565 bits per heavy atom. The van der Waals surface area contributed by atoms with Crippen molar-refractivity contribution in [1.82, 2.24) is 5.32 Å². The van der Waals surface area contributed by atoms with Gasteiger partial charge in [-0.2, -0.15) is 0 Å². The molecule has 400 valence electrons. The van der Waals surface area contributed by atoms with Crippen molar-refractivity contribution in [3.63, 3.8) is 0 Å². The van der Waals surface area contributed by atoms with E-state index in [1.165, 1.54) is 103 Å². The van der Waals surface area contributed by atoms with E-state index in [1.807, 2.05) is 18.2 Å². The van der Waals surface area contributed by atoms with Crippen LogP contribution in [0.4, 0.5) is 0 Å². The molecule has 0 aromatic rings. The molecular formula is C58H103NO10. The van der Waals surface area contributed by atoms with Crippen LogP contribution in [0.3, 0.4) is 0 Å². The van der Waals surface area contributed by atoms with Gasteiger partial charge in [-0.15, -0.1) is 0 Å². The maximum absolute atomic E-state index is 13.4. The third-order valence-corrected chi connectivity index (χ3v) is 12.9. The molecule has 1 aliphatic heterocycles. The van der Waals surface area contributed by atoms with Crippen LogP contribution < -0.4 is 5.32 Å². The molecule has 0 saturated carbocycles. The summed E-state index contributed by atoms with van der Waals surface area (Å²) in [6, 6.07) is -1.04. The highest BCUT2D eigenvalue weighted by Crippen LogP contribution is 2.26. The van der Waals surface area contributed by atoms with Crippen molar-refractivity contribution in [1.29, 1.82) is 0 Å². The Morgan fingerprint density at radius 2 is 1.00 bits per heavy atom. The number of aliphatic hydroxyl groups excluding tert-OH is 5. The second kappa shape index (κ2) is 46.4. The number of esters is 1. The highest BCUT2D eigenvalue weighted by atomic mass is 16.7.